The van der Waals surface area contributed by atoms with Gasteiger partial charge in [-0.1, -0.05) is 24.1 Å². The van der Waals surface area contributed by atoms with E-state index < -0.39 is 0 Å². The number of nitrogens with zero attached hydrogens (tertiary/aromatic N) is 4. The van der Waals surface area contributed by atoms with E-state index >= 15 is 0 Å². The average Bonchev–Trinajstić information content (AvgIpc) is 3.40. The number of hydrogen-bond donors (Lipinski definition) is 0. The van der Waals surface area contributed by atoms with Crippen LogP contribution in [-0.2, 0) is 24.3 Å². The zero-order chi connectivity index (χ0) is 19.5. The quantitative estimate of drug-likeness (QED) is 0.754. The second-order valence-electron chi connectivity index (χ2n) is 7.18. The molecule has 2 amide bonds. The Morgan fingerprint density at radius 2 is 1.82 bits per heavy atom. The molecule has 2 aliphatic heterocycles. The lowest BCUT2D eigenvalue weighted by atomic mass is 10.0. The maximum Gasteiger partial charge on any atom is 0.299 e. The standard InChI is InChI=1S/C22H24N4O2/c1-2-26-19-12-15-25(20(27)11-10-17-8-4-3-5-9-17)16-18(19)21(23-26)22(28)24-13-6-7-14-24/h3-5,8-9H,2,6-7,12-16H2,1H3. The molecule has 3 heterocycles. The van der Waals surface area contributed by atoms with E-state index in [2.05, 4.69) is 16.9 Å². The molecule has 2 aliphatic rings. The molecule has 144 valence electrons. The van der Waals surface area contributed by atoms with Gasteiger partial charge in [0.2, 0.25) is 0 Å². The Bertz CT molecular complexity index is 946. The molecule has 6 heteroatoms. The third-order valence-electron chi connectivity index (χ3n) is 5.40. The minimum absolute atomic E-state index is 0.00869. The van der Waals surface area contributed by atoms with Crippen LogP contribution in [-0.4, -0.2) is 51.0 Å². The van der Waals surface area contributed by atoms with Crippen molar-refractivity contribution in [2.24, 2.45) is 0 Å². The Morgan fingerprint density at radius 3 is 2.54 bits per heavy atom. The molecule has 28 heavy (non-hydrogen) atoms. The largest absolute Gasteiger partial charge is 0.337 e. The summed E-state index contributed by atoms with van der Waals surface area (Å²) in [6.07, 6.45) is 2.78. The number of aryl methyl sites for hydroxylation is 1. The molecule has 0 bridgehead atoms. The smallest absolute Gasteiger partial charge is 0.299 e. The minimum atomic E-state index is -0.210. The van der Waals surface area contributed by atoms with Crippen LogP contribution in [0.25, 0.3) is 0 Å². The van der Waals surface area contributed by atoms with Gasteiger partial charge in [0.15, 0.2) is 5.69 Å². The van der Waals surface area contributed by atoms with Gasteiger partial charge in [0.1, 0.15) is 0 Å². The van der Waals surface area contributed by atoms with Crippen LogP contribution in [0.2, 0.25) is 0 Å². The van der Waals surface area contributed by atoms with Crippen LogP contribution in [0, 0.1) is 11.8 Å². The Kier molecular flexibility index (Phi) is 5.16. The van der Waals surface area contributed by atoms with Crippen molar-refractivity contribution in [1.29, 1.82) is 0 Å². The predicted molar refractivity (Wildman–Crippen MR) is 105 cm³/mol. The SMILES string of the molecule is CCn1nc(C(=O)N2CCCC2)c2c1CCN(C(=O)C#Cc1ccccc1)C2. The number of hydrogen-bond acceptors (Lipinski definition) is 3. The van der Waals surface area contributed by atoms with E-state index in [4.69, 9.17) is 0 Å². The number of amides is 2. The van der Waals surface area contributed by atoms with E-state index in [0.29, 0.717) is 25.2 Å². The maximum atomic E-state index is 13.0. The molecular weight excluding hydrogens is 352 g/mol. The lowest BCUT2D eigenvalue weighted by Crippen LogP contribution is -2.36. The fourth-order valence-corrected chi connectivity index (χ4v) is 3.89. The van der Waals surface area contributed by atoms with Crippen LogP contribution in [0.4, 0.5) is 0 Å². The summed E-state index contributed by atoms with van der Waals surface area (Å²) < 4.78 is 1.91. The summed E-state index contributed by atoms with van der Waals surface area (Å²) in [4.78, 5) is 29.2. The van der Waals surface area contributed by atoms with E-state index in [-0.39, 0.29) is 11.8 Å². The van der Waals surface area contributed by atoms with Crippen LogP contribution in [0.3, 0.4) is 0 Å². The summed E-state index contributed by atoms with van der Waals surface area (Å²) in [5.41, 5.74) is 3.29. The number of fused-ring (bicyclic) bond motifs is 1. The Labute approximate surface area is 165 Å². The highest BCUT2D eigenvalue weighted by Crippen LogP contribution is 2.25. The molecule has 6 nitrogen and oxygen atoms in total. The lowest BCUT2D eigenvalue weighted by Gasteiger charge is -2.26. The van der Waals surface area contributed by atoms with Crippen molar-refractivity contribution in [2.45, 2.75) is 39.3 Å². The minimum Gasteiger partial charge on any atom is -0.337 e. The Morgan fingerprint density at radius 1 is 1.07 bits per heavy atom. The van der Waals surface area contributed by atoms with Crippen LogP contribution < -0.4 is 0 Å². The lowest BCUT2D eigenvalue weighted by molar-refractivity contribution is -0.126. The van der Waals surface area contributed by atoms with Gasteiger partial charge in [-0.05, 0) is 31.9 Å². The fourth-order valence-electron chi connectivity index (χ4n) is 3.89. The number of carbonyl (C=O) groups excluding carboxylic acids is 2. The van der Waals surface area contributed by atoms with Crippen molar-refractivity contribution in [3.05, 3.63) is 52.8 Å². The van der Waals surface area contributed by atoms with Crippen LogP contribution >= 0.6 is 0 Å². The molecule has 1 saturated heterocycles. The van der Waals surface area contributed by atoms with Gasteiger partial charge in [-0.15, -0.1) is 0 Å². The van der Waals surface area contributed by atoms with Crippen molar-refractivity contribution in [2.75, 3.05) is 19.6 Å². The second kappa shape index (κ2) is 7.89. The van der Waals surface area contributed by atoms with Gasteiger partial charge in [0.05, 0.1) is 6.54 Å². The molecule has 0 N–H and O–H groups in total. The monoisotopic (exact) mass is 376 g/mol. The highest BCUT2D eigenvalue weighted by molar-refractivity contribution is 5.96. The third-order valence-corrected chi connectivity index (χ3v) is 5.40. The van der Waals surface area contributed by atoms with Gasteiger partial charge < -0.3 is 9.80 Å². The van der Waals surface area contributed by atoms with Crippen LogP contribution in [0.1, 0.15) is 47.1 Å². The Hall–Kier alpha value is -3.07. The first-order chi connectivity index (χ1) is 13.7. The van der Waals surface area contributed by atoms with Crippen molar-refractivity contribution >= 4 is 11.8 Å². The van der Waals surface area contributed by atoms with Crippen LogP contribution in [0.5, 0.6) is 0 Å². The van der Waals surface area contributed by atoms with Crippen LogP contribution in [0.15, 0.2) is 30.3 Å². The number of benzene rings is 1. The molecule has 0 spiro atoms. The van der Waals surface area contributed by atoms with Gasteiger partial charge in [-0.3, -0.25) is 14.3 Å². The van der Waals surface area contributed by atoms with Crippen molar-refractivity contribution in [3.8, 4) is 11.8 Å². The summed E-state index contributed by atoms with van der Waals surface area (Å²) >= 11 is 0. The highest BCUT2D eigenvalue weighted by atomic mass is 16.2. The normalized spacial score (nSPS) is 15.8. The molecule has 1 fully saturated rings. The van der Waals surface area contributed by atoms with Gasteiger partial charge in [0, 0.05) is 55.3 Å². The molecule has 1 aromatic heterocycles. The summed E-state index contributed by atoms with van der Waals surface area (Å²) in [5.74, 6) is 5.45. The van der Waals surface area contributed by atoms with Gasteiger partial charge in [-0.25, -0.2) is 0 Å². The molecule has 0 radical (unpaired) electrons. The summed E-state index contributed by atoms with van der Waals surface area (Å²) in [5, 5.41) is 4.59. The summed E-state index contributed by atoms with van der Waals surface area (Å²) in [6.45, 7) is 5.32. The topological polar surface area (TPSA) is 58.4 Å². The average molecular weight is 376 g/mol. The third kappa shape index (κ3) is 3.53. The van der Waals surface area contributed by atoms with E-state index in [0.717, 1.165) is 49.3 Å². The number of carbonyl (C=O) groups is 2. The van der Waals surface area contributed by atoms with E-state index in [1.807, 2.05) is 46.8 Å². The van der Waals surface area contributed by atoms with Crippen molar-refractivity contribution < 1.29 is 9.59 Å². The zero-order valence-electron chi connectivity index (χ0n) is 16.1. The summed E-state index contributed by atoms with van der Waals surface area (Å²) in [7, 11) is 0. The molecule has 0 saturated carbocycles. The first kappa shape index (κ1) is 18.3. The van der Waals surface area contributed by atoms with E-state index in [9.17, 15) is 9.59 Å². The molecule has 0 unspecified atom stereocenters. The van der Waals surface area contributed by atoms with Gasteiger partial charge >= 0.3 is 0 Å². The first-order valence-electron chi connectivity index (χ1n) is 9.91. The predicted octanol–water partition coefficient (Wildman–Crippen LogP) is 2.08. The molecular formula is C22H24N4O2. The van der Waals surface area contributed by atoms with E-state index in [1.165, 1.54) is 0 Å². The second-order valence-corrected chi connectivity index (χ2v) is 7.18. The molecule has 0 atom stereocenters. The van der Waals surface area contributed by atoms with Gasteiger partial charge in [0.25, 0.3) is 11.8 Å². The number of likely N-dealkylation sites (tertiary alicyclic amines) is 1. The Balaban J connectivity index is 1.57. The first-order valence-corrected chi connectivity index (χ1v) is 9.91. The zero-order valence-corrected chi connectivity index (χ0v) is 16.1. The highest BCUT2D eigenvalue weighted by Gasteiger charge is 2.32. The van der Waals surface area contributed by atoms with Gasteiger partial charge in [-0.2, -0.15) is 5.10 Å². The maximum absolute atomic E-state index is 13.0. The number of aromatic nitrogens is 2. The van der Waals surface area contributed by atoms with Crippen molar-refractivity contribution in [1.82, 2.24) is 19.6 Å². The fraction of sp³-hybridized carbons (Fsp3) is 0.409. The summed E-state index contributed by atoms with van der Waals surface area (Å²) in [6, 6.07) is 9.48. The van der Waals surface area contributed by atoms with Crippen molar-refractivity contribution in [3.63, 3.8) is 0 Å². The molecule has 1 aromatic carbocycles. The number of rotatable bonds is 2. The van der Waals surface area contributed by atoms with E-state index in [1.54, 1.807) is 4.90 Å². The molecule has 0 aliphatic carbocycles. The molecule has 4 rings (SSSR count). The molecule has 2 aromatic rings.